The number of carboxylic acids is 1. The van der Waals surface area contributed by atoms with Crippen LogP contribution in [-0.4, -0.2) is 22.7 Å². The van der Waals surface area contributed by atoms with Crippen LogP contribution in [0.3, 0.4) is 0 Å². The van der Waals surface area contributed by atoms with Gasteiger partial charge in [0.05, 0.1) is 0 Å². The molecule has 2 aromatic rings. The van der Waals surface area contributed by atoms with E-state index in [1.807, 2.05) is 0 Å². The first kappa shape index (κ1) is 14.4. The van der Waals surface area contributed by atoms with Crippen LogP contribution in [0.15, 0.2) is 36.5 Å². The third-order valence-corrected chi connectivity index (χ3v) is 2.63. The highest BCUT2D eigenvalue weighted by atomic mass is 19.3. The molecule has 7 heteroatoms. The standard InChI is InChI=1S/C14H8F2N2O3/c1-17-12-6-9(10(7-18-12)13(19)20)8-4-2-3-5-11(8)21-14(15)16/h2-7,14H,(H,19,20). The highest BCUT2D eigenvalue weighted by molar-refractivity contribution is 5.97. The first-order chi connectivity index (χ1) is 10.0. The number of aromatic carboxylic acids is 1. The van der Waals surface area contributed by atoms with Gasteiger partial charge < -0.3 is 14.7 Å². The molecule has 0 saturated carbocycles. The van der Waals surface area contributed by atoms with E-state index in [0.29, 0.717) is 0 Å². The molecule has 1 aromatic carbocycles. The third-order valence-electron chi connectivity index (χ3n) is 2.63. The average Bonchev–Trinajstić information content (AvgIpc) is 2.46. The van der Waals surface area contributed by atoms with Gasteiger partial charge in [0, 0.05) is 5.56 Å². The van der Waals surface area contributed by atoms with Gasteiger partial charge in [-0.3, -0.25) is 0 Å². The number of para-hydroxylation sites is 1. The minimum Gasteiger partial charge on any atom is -0.478 e. The Morgan fingerprint density at radius 1 is 1.33 bits per heavy atom. The Kier molecular flexibility index (Phi) is 4.09. The van der Waals surface area contributed by atoms with Crippen LogP contribution in [0.25, 0.3) is 16.0 Å². The molecule has 5 nitrogen and oxygen atoms in total. The lowest BCUT2D eigenvalue weighted by Gasteiger charge is -2.12. The topological polar surface area (TPSA) is 63.8 Å². The van der Waals surface area contributed by atoms with Crippen LogP contribution in [0.5, 0.6) is 5.75 Å². The molecule has 0 aliphatic heterocycles. The van der Waals surface area contributed by atoms with Gasteiger partial charge in [-0.2, -0.15) is 8.78 Å². The number of aromatic nitrogens is 1. The lowest BCUT2D eigenvalue weighted by molar-refractivity contribution is -0.0494. The molecule has 0 unspecified atom stereocenters. The predicted octanol–water partition coefficient (Wildman–Crippen LogP) is 3.60. The number of benzene rings is 1. The Morgan fingerprint density at radius 2 is 2.05 bits per heavy atom. The molecule has 1 N–H and O–H groups in total. The van der Waals surface area contributed by atoms with Crippen LogP contribution in [0.1, 0.15) is 10.4 Å². The predicted molar refractivity (Wildman–Crippen MR) is 69.5 cm³/mol. The van der Waals surface area contributed by atoms with Crippen molar-refractivity contribution in [1.29, 1.82) is 0 Å². The van der Waals surface area contributed by atoms with Gasteiger partial charge in [-0.25, -0.2) is 4.79 Å². The molecule has 0 bridgehead atoms. The van der Waals surface area contributed by atoms with Gasteiger partial charge in [0.1, 0.15) is 17.5 Å². The number of halogens is 2. The molecule has 1 aromatic heterocycles. The Balaban J connectivity index is 2.66. The van der Waals surface area contributed by atoms with E-state index in [9.17, 15) is 13.6 Å². The number of pyridine rings is 1. The molecule has 106 valence electrons. The molecule has 2 rings (SSSR count). The molecule has 21 heavy (non-hydrogen) atoms. The van der Waals surface area contributed by atoms with Crippen molar-refractivity contribution in [3.05, 3.63) is 53.5 Å². The Labute approximate surface area is 118 Å². The van der Waals surface area contributed by atoms with Crippen LogP contribution < -0.4 is 4.74 Å². The molecule has 0 saturated heterocycles. The van der Waals surface area contributed by atoms with Gasteiger partial charge in [-0.15, -0.1) is 4.98 Å². The number of carboxylic acid groups (broad SMARTS) is 1. The normalized spacial score (nSPS) is 10.2. The summed E-state index contributed by atoms with van der Waals surface area (Å²) in [6.45, 7) is 3.87. The summed E-state index contributed by atoms with van der Waals surface area (Å²) in [5.74, 6) is -1.49. The first-order valence-corrected chi connectivity index (χ1v) is 5.68. The molecule has 0 aliphatic rings. The number of hydrogen-bond acceptors (Lipinski definition) is 3. The number of ether oxygens (including phenoxy) is 1. The lowest BCUT2D eigenvalue weighted by Crippen LogP contribution is -2.05. The number of alkyl halides is 2. The fourth-order valence-corrected chi connectivity index (χ4v) is 1.79. The summed E-state index contributed by atoms with van der Waals surface area (Å²) >= 11 is 0. The van der Waals surface area contributed by atoms with Gasteiger partial charge in [0.25, 0.3) is 5.82 Å². The van der Waals surface area contributed by atoms with Crippen LogP contribution in [0, 0.1) is 6.57 Å². The van der Waals surface area contributed by atoms with E-state index in [-0.39, 0.29) is 28.3 Å². The molecule has 1 heterocycles. The van der Waals surface area contributed by atoms with Gasteiger partial charge >= 0.3 is 12.6 Å². The van der Waals surface area contributed by atoms with Crippen LogP contribution in [0.4, 0.5) is 14.6 Å². The van der Waals surface area contributed by atoms with Gasteiger partial charge in [-0.05, 0) is 17.7 Å². The van der Waals surface area contributed by atoms with E-state index < -0.39 is 12.6 Å². The van der Waals surface area contributed by atoms with Crippen molar-refractivity contribution in [2.45, 2.75) is 6.61 Å². The summed E-state index contributed by atoms with van der Waals surface area (Å²) in [6.07, 6.45) is 1.02. The SMILES string of the molecule is [C-]#[N+]c1cc(-c2ccccc2OC(F)F)c(C(=O)O)cn1. The largest absolute Gasteiger partial charge is 0.478 e. The van der Waals surface area contributed by atoms with Crippen molar-refractivity contribution in [2.24, 2.45) is 0 Å². The number of rotatable bonds is 4. The average molecular weight is 290 g/mol. The highest BCUT2D eigenvalue weighted by Gasteiger charge is 2.19. The van der Waals surface area contributed by atoms with Crippen molar-refractivity contribution in [1.82, 2.24) is 4.98 Å². The summed E-state index contributed by atoms with van der Waals surface area (Å²) in [6, 6.07) is 7.00. The minimum atomic E-state index is -3.04. The van der Waals surface area contributed by atoms with E-state index in [2.05, 4.69) is 14.6 Å². The number of nitrogens with zero attached hydrogens (tertiary/aromatic N) is 2. The van der Waals surface area contributed by atoms with Gasteiger partial charge in [-0.1, -0.05) is 24.8 Å². The molecule has 0 fully saturated rings. The van der Waals surface area contributed by atoms with Crippen LogP contribution >= 0.6 is 0 Å². The molecule has 0 aliphatic carbocycles. The monoisotopic (exact) mass is 290 g/mol. The zero-order valence-electron chi connectivity index (χ0n) is 10.5. The summed E-state index contributed by atoms with van der Waals surface area (Å²) in [7, 11) is 0. The fraction of sp³-hybridized carbons (Fsp3) is 0.0714. The Hall–Kier alpha value is -3.01. The lowest BCUT2D eigenvalue weighted by atomic mass is 10.0. The number of carbonyl (C=O) groups is 1. The Bertz CT molecular complexity index is 726. The summed E-state index contributed by atoms with van der Waals surface area (Å²) in [4.78, 5) is 18.0. The zero-order valence-corrected chi connectivity index (χ0v) is 10.5. The van der Waals surface area contributed by atoms with E-state index >= 15 is 0 Å². The first-order valence-electron chi connectivity index (χ1n) is 5.68. The summed E-state index contributed by atoms with van der Waals surface area (Å²) < 4.78 is 29.2. The summed E-state index contributed by atoms with van der Waals surface area (Å²) in [5.41, 5.74) is 0.0509. The van der Waals surface area contributed by atoms with Crippen molar-refractivity contribution in [3.8, 4) is 16.9 Å². The fourth-order valence-electron chi connectivity index (χ4n) is 1.79. The van der Waals surface area contributed by atoms with Gasteiger partial charge in [0.2, 0.25) is 0 Å². The van der Waals surface area contributed by atoms with Crippen molar-refractivity contribution >= 4 is 11.8 Å². The van der Waals surface area contributed by atoms with Crippen LogP contribution in [0.2, 0.25) is 0 Å². The molecule has 0 radical (unpaired) electrons. The van der Waals surface area contributed by atoms with Crippen LogP contribution in [-0.2, 0) is 0 Å². The van der Waals surface area contributed by atoms with Gasteiger partial charge in [0.15, 0.2) is 0 Å². The number of hydrogen-bond donors (Lipinski definition) is 1. The molecule has 0 amide bonds. The molecular weight excluding hydrogens is 282 g/mol. The quantitative estimate of drug-likeness (QED) is 0.874. The van der Waals surface area contributed by atoms with E-state index in [4.69, 9.17) is 11.7 Å². The molecule has 0 atom stereocenters. The van der Waals surface area contributed by atoms with E-state index in [0.717, 1.165) is 6.20 Å². The van der Waals surface area contributed by atoms with E-state index in [1.165, 1.54) is 24.3 Å². The maximum atomic E-state index is 12.4. The minimum absolute atomic E-state index is 0.0400. The third kappa shape index (κ3) is 3.12. The Morgan fingerprint density at radius 3 is 2.67 bits per heavy atom. The molecule has 0 spiro atoms. The van der Waals surface area contributed by atoms with E-state index in [1.54, 1.807) is 6.07 Å². The summed E-state index contributed by atoms with van der Waals surface area (Å²) in [5, 5.41) is 9.16. The van der Waals surface area contributed by atoms with Crippen molar-refractivity contribution < 1.29 is 23.4 Å². The second kappa shape index (κ2) is 5.96. The highest BCUT2D eigenvalue weighted by Crippen LogP contribution is 2.34. The molecular formula is C14H8F2N2O3. The maximum absolute atomic E-state index is 12.4. The zero-order chi connectivity index (χ0) is 15.4. The second-order valence-electron chi connectivity index (χ2n) is 3.88. The second-order valence-corrected chi connectivity index (χ2v) is 3.88. The van der Waals surface area contributed by atoms with Crippen molar-refractivity contribution in [2.75, 3.05) is 0 Å². The maximum Gasteiger partial charge on any atom is 0.387 e. The smallest absolute Gasteiger partial charge is 0.387 e. The van der Waals surface area contributed by atoms with Crippen molar-refractivity contribution in [3.63, 3.8) is 0 Å².